The first-order valence-corrected chi connectivity index (χ1v) is 11.7. The van der Waals surface area contributed by atoms with Crippen molar-refractivity contribution >= 4 is 63.9 Å². The van der Waals surface area contributed by atoms with Crippen molar-refractivity contribution in [2.75, 3.05) is 6.54 Å². The van der Waals surface area contributed by atoms with Crippen molar-refractivity contribution in [2.45, 2.75) is 0 Å². The number of thioether (sulfide) groups is 1. The number of imide groups is 2. The number of para-hydroxylation sites is 1. The van der Waals surface area contributed by atoms with Gasteiger partial charge in [-0.05, 0) is 59.8 Å². The molecule has 5 rings (SSSR count). The highest BCUT2D eigenvalue weighted by Crippen LogP contribution is 2.35. The quantitative estimate of drug-likeness (QED) is 0.380. The van der Waals surface area contributed by atoms with Crippen LogP contribution in [-0.4, -0.2) is 45.1 Å². The lowest BCUT2D eigenvalue weighted by molar-refractivity contribution is -0.136. The maximum atomic E-state index is 13.3. The van der Waals surface area contributed by atoms with E-state index in [1.165, 1.54) is 12.1 Å². The third kappa shape index (κ3) is 4.41. The van der Waals surface area contributed by atoms with E-state index in [4.69, 9.17) is 11.6 Å². The predicted octanol–water partition coefficient (Wildman–Crippen LogP) is 4.77. The van der Waals surface area contributed by atoms with Gasteiger partial charge in [0.1, 0.15) is 6.54 Å². The molecule has 0 atom stereocenters. The number of carbonyl (C=O) groups is 4. The summed E-state index contributed by atoms with van der Waals surface area (Å²) in [7, 11) is 0. The second kappa shape index (κ2) is 9.32. The third-order valence-corrected chi connectivity index (χ3v) is 6.60. The van der Waals surface area contributed by atoms with Gasteiger partial charge in [-0.1, -0.05) is 54.1 Å². The molecule has 0 spiro atoms. The van der Waals surface area contributed by atoms with E-state index in [9.17, 15) is 19.2 Å². The number of hydrogen-bond acceptors (Lipinski definition) is 6. The molecule has 0 aliphatic carbocycles. The Kier molecular flexibility index (Phi) is 6.07. The largest absolute Gasteiger partial charge is 0.273 e. The number of halogens is 1. The molecule has 4 amide bonds. The molecule has 1 saturated heterocycles. The van der Waals surface area contributed by atoms with Crippen LogP contribution in [0, 0.1) is 0 Å². The summed E-state index contributed by atoms with van der Waals surface area (Å²) in [6, 6.07) is 22.1. The molecule has 1 fully saturated rings. The van der Waals surface area contributed by atoms with Gasteiger partial charge in [0.05, 0.1) is 21.7 Å². The zero-order valence-electron chi connectivity index (χ0n) is 18.1. The molecule has 35 heavy (non-hydrogen) atoms. The number of carbonyl (C=O) groups excluding carboxylic acids is 4. The summed E-state index contributed by atoms with van der Waals surface area (Å²) in [5.74, 6) is -2.46. The van der Waals surface area contributed by atoms with Gasteiger partial charge in [-0.3, -0.25) is 24.1 Å². The highest BCUT2D eigenvalue weighted by molar-refractivity contribution is 8.18. The van der Waals surface area contributed by atoms with E-state index in [1.807, 2.05) is 6.07 Å². The monoisotopic (exact) mass is 501 g/mol. The molecule has 3 aromatic carbocycles. The Morgan fingerprint density at radius 2 is 1.43 bits per heavy atom. The molecule has 2 aliphatic heterocycles. The first-order chi connectivity index (χ1) is 16.9. The van der Waals surface area contributed by atoms with Gasteiger partial charge in [0.25, 0.3) is 23.6 Å². The van der Waals surface area contributed by atoms with Gasteiger partial charge >= 0.3 is 0 Å². The van der Waals surface area contributed by atoms with Crippen molar-refractivity contribution in [1.82, 2.24) is 9.80 Å². The molecule has 172 valence electrons. The lowest BCUT2D eigenvalue weighted by Crippen LogP contribution is -2.44. The van der Waals surface area contributed by atoms with Crippen LogP contribution in [0.25, 0.3) is 6.08 Å². The molecule has 0 aromatic heterocycles. The van der Waals surface area contributed by atoms with Crippen LogP contribution in [-0.2, 0) is 9.59 Å². The van der Waals surface area contributed by atoms with E-state index >= 15 is 0 Å². The average Bonchev–Trinajstić information content (AvgIpc) is 3.29. The minimum absolute atomic E-state index is 0.142. The Morgan fingerprint density at radius 1 is 0.829 bits per heavy atom. The Labute approximate surface area is 209 Å². The molecule has 9 heteroatoms. The van der Waals surface area contributed by atoms with E-state index in [0.29, 0.717) is 10.7 Å². The number of hydrogen-bond donors (Lipinski definition) is 0. The van der Waals surface area contributed by atoms with Crippen LogP contribution in [0.4, 0.5) is 5.69 Å². The van der Waals surface area contributed by atoms with Crippen LogP contribution in [0.1, 0.15) is 26.3 Å². The molecular weight excluding hydrogens is 486 g/mol. The van der Waals surface area contributed by atoms with Crippen molar-refractivity contribution < 1.29 is 19.2 Å². The van der Waals surface area contributed by atoms with Gasteiger partial charge in [0, 0.05) is 5.02 Å². The smallest absolute Gasteiger partial charge is 0.272 e. The fraction of sp³-hybridized carbons (Fsp3) is 0.0385. The zero-order valence-corrected chi connectivity index (χ0v) is 19.6. The number of fused-ring (bicyclic) bond motifs is 1. The summed E-state index contributed by atoms with van der Waals surface area (Å²) in [5.41, 5.74) is 1.73. The fourth-order valence-electron chi connectivity index (χ4n) is 3.68. The van der Waals surface area contributed by atoms with Gasteiger partial charge in [0.15, 0.2) is 5.17 Å². The van der Waals surface area contributed by atoms with Gasteiger partial charge in [-0.2, -0.15) is 0 Å². The van der Waals surface area contributed by atoms with Gasteiger partial charge in [0.2, 0.25) is 0 Å². The Balaban J connectivity index is 1.47. The molecule has 3 aromatic rings. The summed E-state index contributed by atoms with van der Waals surface area (Å²) in [6.07, 6.45) is 1.64. The van der Waals surface area contributed by atoms with E-state index in [0.717, 1.165) is 27.1 Å². The van der Waals surface area contributed by atoms with Crippen LogP contribution in [0.3, 0.4) is 0 Å². The second-order valence-corrected chi connectivity index (χ2v) is 9.11. The molecule has 0 N–H and O–H groups in total. The number of nitrogens with zero attached hydrogens (tertiary/aromatic N) is 3. The van der Waals surface area contributed by atoms with E-state index in [2.05, 4.69) is 4.99 Å². The van der Waals surface area contributed by atoms with Crippen LogP contribution in [0.5, 0.6) is 0 Å². The fourth-order valence-corrected chi connectivity index (χ4v) is 4.80. The summed E-state index contributed by atoms with van der Waals surface area (Å²) in [6.45, 7) is -0.583. The molecule has 0 unspecified atom stereocenters. The van der Waals surface area contributed by atoms with Crippen molar-refractivity contribution in [2.24, 2.45) is 4.99 Å². The Morgan fingerprint density at radius 3 is 2.06 bits per heavy atom. The standard InChI is InChI=1S/C26H16ClN3O4S/c27-17-12-10-16(11-13-17)14-21-25(34)30(26(35-21)28-18-6-2-1-3-7-18)22(31)15-29-23(32)19-8-4-5-9-20(19)24(29)33/h1-14H,15H2. The first-order valence-electron chi connectivity index (χ1n) is 10.5. The average molecular weight is 502 g/mol. The number of amides is 4. The van der Waals surface area contributed by atoms with Crippen molar-refractivity contribution in [3.8, 4) is 0 Å². The molecule has 2 aliphatic rings. The number of rotatable bonds is 4. The molecule has 2 heterocycles. The predicted molar refractivity (Wildman–Crippen MR) is 134 cm³/mol. The highest BCUT2D eigenvalue weighted by Gasteiger charge is 2.42. The third-order valence-electron chi connectivity index (χ3n) is 5.38. The summed E-state index contributed by atoms with van der Waals surface area (Å²) >= 11 is 6.99. The maximum absolute atomic E-state index is 13.3. The van der Waals surface area contributed by atoms with Gasteiger partial charge in [-0.15, -0.1) is 0 Å². The normalized spacial score (nSPS) is 17.6. The number of amidine groups is 1. The first kappa shape index (κ1) is 22.8. The number of benzene rings is 3. The van der Waals surface area contributed by atoms with Crippen molar-refractivity contribution in [3.05, 3.63) is 105 Å². The summed E-state index contributed by atoms with van der Waals surface area (Å²) in [4.78, 5) is 58.6. The Hall–Kier alpha value is -4.01. The molecule has 7 nitrogen and oxygen atoms in total. The molecule has 0 radical (unpaired) electrons. The van der Waals surface area contributed by atoms with Gasteiger partial charge in [-0.25, -0.2) is 9.89 Å². The summed E-state index contributed by atoms with van der Waals surface area (Å²) < 4.78 is 0. The van der Waals surface area contributed by atoms with E-state index in [-0.39, 0.29) is 21.2 Å². The molecular formula is C26H16ClN3O4S. The van der Waals surface area contributed by atoms with Gasteiger partial charge < -0.3 is 0 Å². The van der Waals surface area contributed by atoms with Crippen LogP contribution in [0.2, 0.25) is 5.02 Å². The highest BCUT2D eigenvalue weighted by atomic mass is 35.5. The van der Waals surface area contributed by atoms with Crippen LogP contribution in [0.15, 0.2) is 88.8 Å². The van der Waals surface area contributed by atoms with E-state index < -0.39 is 30.2 Å². The lowest BCUT2D eigenvalue weighted by Gasteiger charge is -2.18. The SMILES string of the molecule is O=C1c2ccccc2C(=O)N1CC(=O)N1C(=O)C(=Cc2ccc(Cl)cc2)SC1=Nc1ccccc1. The zero-order chi connectivity index (χ0) is 24.5. The minimum atomic E-state index is -0.730. The topological polar surface area (TPSA) is 87.1 Å². The van der Waals surface area contributed by atoms with Crippen LogP contribution >= 0.6 is 23.4 Å². The molecule has 0 saturated carbocycles. The number of aliphatic imine (C=N–C) groups is 1. The lowest BCUT2D eigenvalue weighted by atomic mass is 10.1. The van der Waals surface area contributed by atoms with Crippen molar-refractivity contribution in [3.63, 3.8) is 0 Å². The maximum Gasteiger partial charge on any atom is 0.273 e. The second-order valence-electron chi connectivity index (χ2n) is 7.67. The van der Waals surface area contributed by atoms with Crippen LogP contribution < -0.4 is 0 Å². The summed E-state index contributed by atoms with van der Waals surface area (Å²) in [5, 5.41) is 0.699. The van der Waals surface area contributed by atoms with Crippen molar-refractivity contribution in [1.29, 1.82) is 0 Å². The molecule has 0 bridgehead atoms. The van der Waals surface area contributed by atoms with E-state index in [1.54, 1.807) is 66.7 Å². The Bertz CT molecular complexity index is 1400. The minimum Gasteiger partial charge on any atom is -0.272 e.